The van der Waals surface area contributed by atoms with Crippen molar-refractivity contribution < 1.29 is 65.1 Å². The summed E-state index contributed by atoms with van der Waals surface area (Å²) in [4.78, 5) is 38.0. The molecule has 4 heterocycles. The third-order valence-electron chi connectivity index (χ3n) is 7.78. The van der Waals surface area contributed by atoms with E-state index < -0.39 is 36.0 Å². The van der Waals surface area contributed by atoms with Crippen molar-refractivity contribution in [2.45, 2.75) is 62.8 Å². The van der Waals surface area contributed by atoms with Crippen LogP contribution in [0.25, 0.3) is 0 Å². The zero-order valence-corrected chi connectivity index (χ0v) is 25.4. The Balaban J connectivity index is 0.000000360. The minimum Gasteiger partial charge on any atom is -0.497 e. The fraction of sp³-hybridized carbons (Fsp3) is 0.586. The topological polar surface area (TPSA) is 152 Å². The average Bonchev–Trinajstić information content (AvgIpc) is 3.51. The summed E-state index contributed by atoms with van der Waals surface area (Å²) in [6.07, 6.45) is -2.88. The molecular weight excluding hydrogens is 646 g/mol. The van der Waals surface area contributed by atoms with Crippen molar-refractivity contribution in [1.82, 2.24) is 19.8 Å². The van der Waals surface area contributed by atoms with Crippen molar-refractivity contribution >= 4 is 17.8 Å². The number of benzene rings is 1. The fourth-order valence-corrected chi connectivity index (χ4v) is 5.31. The first-order valence-corrected chi connectivity index (χ1v) is 14.5. The number of nitrogens with one attached hydrogen (secondary N) is 1. The van der Waals surface area contributed by atoms with E-state index in [9.17, 15) is 31.1 Å². The molecule has 262 valence electrons. The number of rotatable bonds is 6. The molecule has 2 fully saturated rings. The van der Waals surface area contributed by atoms with E-state index in [0.717, 1.165) is 81.6 Å². The number of hydrogen-bond donors (Lipinski definition) is 3. The zero-order chi connectivity index (χ0) is 34.8. The highest BCUT2D eigenvalue weighted by molar-refractivity contribution is 5.81. The molecule has 1 atom stereocenters. The number of halogens is 6. The molecule has 0 aliphatic carbocycles. The van der Waals surface area contributed by atoms with Gasteiger partial charge in [-0.25, -0.2) is 14.6 Å². The molecule has 1 spiro atoms. The van der Waals surface area contributed by atoms with Gasteiger partial charge < -0.3 is 39.2 Å². The first-order valence-electron chi connectivity index (χ1n) is 14.5. The highest BCUT2D eigenvalue weighted by atomic mass is 19.4. The molecule has 1 aromatic carbocycles. The second-order valence-electron chi connectivity index (χ2n) is 11.0. The van der Waals surface area contributed by atoms with Gasteiger partial charge in [-0.2, -0.15) is 26.3 Å². The van der Waals surface area contributed by atoms with Crippen molar-refractivity contribution in [2.24, 2.45) is 5.92 Å². The summed E-state index contributed by atoms with van der Waals surface area (Å²) in [5.41, 5.74) is 0.537. The Morgan fingerprint density at radius 3 is 2.06 bits per heavy atom. The molecule has 2 aromatic rings. The Hall–Kier alpha value is -3.90. The number of nitrogens with zero attached hydrogens (tertiary/aromatic N) is 3. The fourth-order valence-electron chi connectivity index (χ4n) is 5.31. The monoisotopic (exact) mass is 682 g/mol. The normalized spacial score (nSPS) is 19.7. The van der Waals surface area contributed by atoms with Gasteiger partial charge in [0, 0.05) is 51.8 Å². The lowest BCUT2D eigenvalue weighted by atomic mass is 9.87. The highest BCUT2D eigenvalue weighted by Crippen LogP contribution is 2.40. The summed E-state index contributed by atoms with van der Waals surface area (Å²) in [6.45, 7) is 5.78. The Morgan fingerprint density at radius 2 is 1.55 bits per heavy atom. The number of aliphatic carboxylic acids is 2. The summed E-state index contributed by atoms with van der Waals surface area (Å²) in [7, 11) is 1.65. The molecule has 3 aliphatic heterocycles. The molecule has 0 radical (unpaired) electrons. The number of fused-ring (bicyclic) bond motifs is 2. The number of piperidine rings is 1. The van der Waals surface area contributed by atoms with Gasteiger partial charge >= 0.3 is 24.3 Å². The van der Waals surface area contributed by atoms with E-state index in [4.69, 9.17) is 34.0 Å². The average molecular weight is 683 g/mol. The lowest BCUT2D eigenvalue weighted by molar-refractivity contribution is -0.193. The van der Waals surface area contributed by atoms with Crippen molar-refractivity contribution in [1.29, 1.82) is 0 Å². The van der Waals surface area contributed by atoms with Crippen molar-refractivity contribution in [3.63, 3.8) is 0 Å². The smallest absolute Gasteiger partial charge is 0.490 e. The number of carboxylic acid groups (broad SMARTS) is 2. The molecule has 0 saturated carbocycles. The number of ether oxygens (including phenoxy) is 3. The van der Waals surface area contributed by atoms with Crippen LogP contribution in [-0.4, -0.2) is 101 Å². The highest BCUT2D eigenvalue weighted by Gasteiger charge is 2.47. The van der Waals surface area contributed by atoms with E-state index in [1.165, 1.54) is 0 Å². The number of alkyl halides is 6. The lowest BCUT2D eigenvalue weighted by Crippen LogP contribution is -2.54. The number of imidazole rings is 1. The van der Waals surface area contributed by atoms with Gasteiger partial charge in [0.2, 0.25) is 0 Å². The van der Waals surface area contributed by atoms with Crippen LogP contribution in [-0.2, 0) is 42.5 Å². The summed E-state index contributed by atoms with van der Waals surface area (Å²) in [5, 5.41) is 17.3. The van der Waals surface area contributed by atoms with E-state index in [0.29, 0.717) is 13.1 Å². The van der Waals surface area contributed by atoms with Crippen LogP contribution in [0.2, 0.25) is 0 Å². The number of likely N-dealkylation sites (tertiary alicyclic amines) is 1. The first-order chi connectivity index (χ1) is 22.0. The summed E-state index contributed by atoms with van der Waals surface area (Å²) < 4.78 is 82.9. The number of carbonyl (C=O) groups excluding carboxylic acids is 1. The van der Waals surface area contributed by atoms with Crippen LogP contribution in [0.5, 0.6) is 5.75 Å². The molecule has 18 heteroatoms. The van der Waals surface area contributed by atoms with Crippen LogP contribution in [0.3, 0.4) is 0 Å². The van der Waals surface area contributed by atoms with Crippen LogP contribution >= 0.6 is 0 Å². The van der Waals surface area contributed by atoms with E-state index in [2.05, 4.69) is 19.8 Å². The van der Waals surface area contributed by atoms with Gasteiger partial charge in [-0.1, -0.05) is 12.1 Å². The summed E-state index contributed by atoms with van der Waals surface area (Å²) in [6, 6.07) is 7.73. The minimum atomic E-state index is -5.08. The van der Waals surface area contributed by atoms with Gasteiger partial charge in [-0.15, -0.1) is 0 Å². The maximum absolute atomic E-state index is 13.1. The second kappa shape index (κ2) is 16.3. The number of amides is 1. The Bertz CT molecular complexity index is 1300. The van der Waals surface area contributed by atoms with Crippen LogP contribution in [0.4, 0.5) is 26.3 Å². The Kier molecular flexibility index (Phi) is 13.0. The van der Waals surface area contributed by atoms with Gasteiger partial charge in [-0.05, 0) is 49.3 Å². The molecule has 1 unspecified atom stereocenters. The van der Waals surface area contributed by atoms with Crippen molar-refractivity contribution in [3.8, 4) is 5.75 Å². The van der Waals surface area contributed by atoms with E-state index in [1.54, 1.807) is 7.11 Å². The molecule has 3 N–H and O–H groups in total. The third-order valence-corrected chi connectivity index (χ3v) is 7.78. The Morgan fingerprint density at radius 1 is 1.00 bits per heavy atom. The molecule has 2 saturated heterocycles. The third kappa shape index (κ3) is 11.1. The molecule has 0 bridgehead atoms. The standard InChI is InChI=1S/C25H34N4O4.2C2HF3O2/c1-31-21-4-2-19(3-5-21)16-27-23(30)22-18-29-13-10-26-24(29)25(33-22)8-11-28(12-9-25)17-20-6-14-32-15-7-20;2*3-2(4,5)1(6)7/h2-5,10,13,20,22H,6-9,11-12,14-18H2,1H3,(H,27,30);2*(H,6,7). The quantitative estimate of drug-likeness (QED) is 0.386. The van der Waals surface area contributed by atoms with Gasteiger partial charge in [0.05, 0.1) is 13.7 Å². The summed E-state index contributed by atoms with van der Waals surface area (Å²) in [5.74, 6) is -3.10. The molecule has 1 aromatic heterocycles. The zero-order valence-electron chi connectivity index (χ0n) is 25.4. The Labute approximate surface area is 265 Å². The van der Waals surface area contributed by atoms with E-state index in [1.807, 2.05) is 36.7 Å². The van der Waals surface area contributed by atoms with Gasteiger partial charge in [0.1, 0.15) is 17.2 Å². The molecule has 1 amide bonds. The molecule has 5 rings (SSSR count). The number of carbonyl (C=O) groups is 3. The van der Waals surface area contributed by atoms with Crippen LogP contribution < -0.4 is 10.1 Å². The maximum atomic E-state index is 13.1. The number of hydrogen-bond acceptors (Lipinski definition) is 8. The molecule has 47 heavy (non-hydrogen) atoms. The number of methoxy groups -OCH3 is 1. The van der Waals surface area contributed by atoms with Gasteiger partial charge in [0.25, 0.3) is 5.91 Å². The van der Waals surface area contributed by atoms with Crippen LogP contribution in [0.15, 0.2) is 36.7 Å². The molecular formula is C29H36F6N4O8. The lowest BCUT2D eigenvalue weighted by Gasteiger charge is -2.46. The first kappa shape index (κ1) is 37.6. The number of carboxylic acids is 2. The molecule has 12 nitrogen and oxygen atoms in total. The van der Waals surface area contributed by atoms with Crippen LogP contribution in [0, 0.1) is 5.92 Å². The van der Waals surface area contributed by atoms with Gasteiger partial charge in [-0.3, -0.25) is 4.79 Å². The second-order valence-corrected chi connectivity index (χ2v) is 11.0. The van der Waals surface area contributed by atoms with Gasteiger partial charge in [0.15, 0.2) is 6.10 Å². The van der Waals surface area contributed by atoms with E-state index >= 15 is 0 Å². The SMILES string of the molecule is COc1ccc(CNC(=O)C2Cn3ccnc3C3(CCN(CC4CCOCC4)CC3)O2)cc1.O=C(O)C(F)(F)F.O=C(O)C(F)(F)F. The minimum absolute atomic E-state index is 0.0748. The predicted molar refractivity (Wildman–Crippen MR) is 150 cm³/mol. The van der Waals surface area contributed by atoms with Crippen molar-refractivity contribution in [3.05, 3.63) is 48.0 Å². The number of aromatic nitrogens is 2. The van der Waals surface area contributed by atoms with Crippen molar-refractivity contribution in [2.75, 3.05) is 40.0 Å². The predicted octanol–water partition coefficient (Wildman–Crippen LogP) is 3.59. The summed E-state index contributed by atoms with van der Waals surface area (Å²) >= 11 is 0. The molecule has 3 aliphatic rings. The van der Waals surface area contributed by atoms with Crippen LogP contribution in [0.1, 0.15) is 37.1 Å². The van der Waals surface area contributed by atoms with E-state index in [-0.39, 0.29) is 5.91 Å². The largest absolute Gasteiger partial charge is 0.497 e. The maximum Gasteiger partial charge on any atom is 0.490 e.